The molecular weight excluding hydrogens is 216 g/mol. The van der Waals surface area contributed by atoms with Gasteiger partial charge in [0.05, 0.1) is 6.54 Å². The first-order valence-corrected chi connectivity index (χ1v) is 5.25. The van der Waals surface area contributed by atoms with E-state index in [2.05, 4.69) is 5.32 Å². The zero-order chi connectivity index (χ0) is 12.0. The van der Waals surface area contributed by atoms with Crippen molar-refractivity contribution in [2.24, 2.45) is 0 Å². The van der Waals surface area contributed by atoms with E-state index in [0.717, 1.165) is 5.76 Å². The van der Waals surface area contributed by atoms with Gasteiger partial charge in [0.1, 0.15) is 24.7 Å². The number of hydrogen-bond donors (Lipinski definition) is 1. The third kappa shape index (κ3) is 5.23. The van der Waals surface area contributed by atoms with Crippen molar-refractivity contribution in [3.05, 3.63) is 23.7 Å². The van der Waals surface area contributed by atoms with Gasteiger partial charge < -0.3 is 14.5 Å². The van der Waals surface area contributed by atoms with Crippen LogP contribution < -0.4 is 5.32 Å². The molecule has 5 heteroatoms. The molecule has 0 aliphatic heterocycles. The van der Waals surface area contributed by atoms with Crippen LogP contribution in [0.4, 0.5) is 8.78 Å². The molecule has 0 saturated carbocycles. The Bertz CT molecular complexity index is 300. The highest BCUT2D eigenvalue weighted by Crippen LogP contribution is 2.09. The fourth-order valence-corrected chi connectivity index (χ4v) is 1.15. The molecule has 92 valence electrons. The van der Waals surface area contributed by atoms with Gasteiger partial charge in [-0.2, -0.15) is 0 Å². The summed E-state index contributed by atoms with van der Waals surface area (Å²) in [7, 11) is 0. The second-order valence-corrected chi connectivity index (χ2v) is 3.81. The average molecular weight is 233 g/mol. The van der Waals surface area contributed by atoms with E-state index < -0.39 is 13.0 Å². The molecule has 16 heavy (non-hydrogen) atoms. The summed E-state index contributed by atoms with van der Waals surface area (Å²) >= 11 is 0. The molecule has 1 aromatic rings. The van der Waals surface area contributed by atoms with Crippen LogP contribution in [0.25, 0.3) is 0 Å². The van der Waals surface area contributed by atoms with Gasteiger partial charge in [0.2, 0.25) is 0 Å². The Labute approximate surface area is 93.8 Å². The molecule has 0 fully saturated rings. The van der Waals surface area contributed by atoms with Crippen molar-refractivity contribution in [2.45, 2.75) is 39.5 Å². The fraction of sp³-hybridized carbons (Fsp3) is 0.636. The lowest BCUT2D eigenvalue weighted by atomic mass is 10.3. The van der Waals surface area contributed by atoms with Gasteiger partial charge in [-0.25, -0.2) is 8.78 Å². The van der Waals surface area contributed by atoms with Crippen LogP contribution in [-0.4, -0.2) is 19.1 Å². The molecule has 0 saturated heterocycles. The lowest BCUT2D eigenvalue weighted by Gasteiger charge is -2.05. The Morgan fingerprint density at radius 3 is 2.62 bits per heavy atom. The number of furan rings is 1. The number of rotatable bonds is 7. The predicted molar refractivity (Wildman–Crippen MR) is 56.3 cm³/mol. The highest BCUT2D eigenvalue weighted by Gasteiger charge is 2.05. The SMILES string of the molecule is CC(C)NCc1ccc(COCC(F)F)o1. The molecule has 1 rings (SSSR count). The van der Waals surface area contributed by atoms with Gasteiger partial charge >= 0.3 is 0 Å². The minimum absolute atomic E-state index is 0.0893. The zero-order valence-corrected chi connectivity index (χ0v) is 9.50. The van der Waals surface area contributed by atoms with E-state index in [-0.39, 0.29) is 6.61 Å². The summed E-state index contributed by atoms with van der Waals surface area (Å²) in [6.07, 6.45) is -2.43. The van der Waals surface area contributed by atoms with Gasteiger partial charge in [0.25, 0.3) is 6.43 Å². The standard InChI is InChI=1S/C11H17F2NO2/c1-8(2)14-5-9-3-4-10(16-9)6-15-7-11(12)13/h3-4,8,11,14H,5-7H2,1-2H3. The minimum atomic E-state index is -2.43. The molecule has 0 spiro atoms. The molecule has 1 heterocycles. The van der Waals surface area contributed by atoms with E-state index in [4.69, 9.17) is 9.15 Å². The highest BCUT2D eigenvalue weighted by molar-refractivity contribution is 5.06. The van der Waals surface area contributed by atoms with Crippen LogP contribution in [0.1, 0.15) is 25.4 Å². The summed E-state index contributed by atoms with van der Waals surface area (Å²) in [6, 6.07) is 3.93. The predicted octanol–water partition coefficient (Wildman–Crippen LogP) is 2.56. The van der Waals surface area contributed by atoms with Gasteiger partial charge in [0.15, 0.2) is 0 Å². The monoisotopic (exact) mass is 233 g/mol. The number of ether oxygens (including phenoxy) is 1. The average Bonchev–Trinajstić information content (AvgIpc) is 2.62. The lowest BCUT2D eigenvalue weighted by molar-refractivity contribution is 0.00426. The first-order chi connectivity index (χ1) is 7.58. The summed E-state index contributed by atoms with van der Waals surface area (Å²) in [5.41, 5.74) is 0. The Balaban J connectivity index is 2.28. The molecule has 0 radical (unpaired) electrons. The number of hydrogen-bond acceptors (Lipinski definition) is 3. The normalized spacial score (nSPS) is 11.6. The third-order valence-corrected chi connectivity index (χ3v) is 1.89. The van der Waals surface area contributed by atoms with Crippen LogP contribution in [0.2, 0.25) is 0 Å². The molecule has 0 aromatic carbocycles. The summed E-state index contributed by atoms with van der Waals surface area (Å²) < 4.78 is 33.7. The Kier molecular flexibility index (Phi) is 5.42. The van der Waals surface area contributed by atoms with E-state index in [1.165, 1.54) is 0 Å². The summed E-state index contributed by atoms with van der Waals surface area (Å²) in [5, 5.41) is 3.19. The molecule has 0 atom stereocenters. The van der Waals surface area contributed by atoms with Crippen molar-refractivity contribution in [3.63, 3.8) is 0 Å². The Morgan fingerprint density at radius 2 is 2.00 bits per heavy atom. The van der Waals surface area contributed by atoms with Crippen molar-refractivity contribution in [2.75, 3.05) is 6.61 Å². The van der Waals surface area contributed by atoms with Crippen molar-refractivity contribution >= 4 is 0 Å². The maximum absolute atomic E-state index is 11.8. The van der Waals surface area contributed by atoms with Gasteiger partial charge in [-0.3, -0.25) is 0 Å². The maximum atomic E-state index is 11.8. The Morgan fingerprint density at radius 1 is 1.31 bits per heavy atom. The number of alkyl halides is 2. The van der Waals surface area contributed by atoms with Crippen LogP contribution in [0, 0.1) is 0 Å². The second-order valence-electron chi connectivity index (χ2n) is 3.81. The van der Waals surface area contributed by atoms with E-state index in [9.17, 15) is 8.78 Å². The van der Waals surface area contributed by atoms with E-state index in [1.807, 2.05) is 19.9 Å². The largest absolute Gasteiger partial charge is 0.462 e. The number of halogens is 2. The second kappa shape index (κ2) is 6.60. The van der Waals surface area contributed by atoms with Crippen LogP contribution in [0.15, 0.2) is 16.5 Å². The molecular formula is C11H17F2NO2. The van der Waals surface area contributed by atoms with Gasteiger partial charge in [-0.15, -0.1) is 0 Å². The molecule has 0 unspecified atom stereocenters. The summed E-state index contributed by atoms with van der Waals surface area (Å²) in [6.45, 7) is 4.24. The number of nitrogens with one attached hydrogen (secondary N) is 1. The fourth-order valence-electron chi connectivity index (χ4n) is 1.15. The summed E-state index contributed by atoms with van der Waals surface area (Å²) in [4.78, 5) is 0. The highest BCUT2D eigenvalue weighted by atomic mass is 19.3. The van der Waals surface area contributed by atoms with Crippen molar-refractivity contribution in [1.29, 1.82) is 0 Å². The van der Waals surface area contributed by atoms with Crippen LogP contribution in [-0.2, 0) is 17.9 Å². The minimum Gasteiger partial charge on any atom is -0.462 e. The quantitative estimate of drug-likeness (QED) is 0.786. The molecule has 1 aromatic heterocycles. The van der Waals surface area contributed by atoms with Crippen molar-refractivity contribution in [3.8, 4) is 0 Å². The zero-order valence-electron chi connectivity index (χ0n) is 9.50. The molecule has 0 aliphatic carbocycles. The molecule has 0 aliphatic rings. The van der Waals surface area contributed by atoms with Gasteiger partial charge in [-0.05, 0) is 12.1 Å². The van der Waals surface area contributed by atoms with E-state index >= 15 is 0 Å². The van der Waals surface area contributed by atoms with Gasteiger partial charge in [0, 0.05) is 6.04 Å². The van der Waals surface area contributed by atoms with Gasteiger partial charge in [-0.1, -0.05) is 13.8 Å². The van der Waals surface area contributed by atoms with Crippen molar-refractivity contribution in [1.82, 2.24) is 5.32 Å². The molecule has 0 bridgehead atoms. The molecule has 3 nitrogen and oxygen atoms in total. The summed E-state index contributed by atoms with van der Waals surface area (Å²) in [5.74, 6) is 1.35. The lowest BCUT2D eigenvalue weighted by Crippen LogP contribution is -2.21. The first-order valence-electron chi connectivity index (χ1n) is 5.25. The van der Waals surface area contributed by atoms with Crippen LogP contribution in [0.3, 0.4) is 0 Å². The maximum Gasteiger partial charge on any atom is 0.261 e. The molecule has 1 N–H and O–H groups in total. The van der Waals surface area contributed by atoms with Crippen LogP contribution in [0.5, 0.6) is 0 Å². The molecule has 0 amide bonds. The van der Waals surface area contributed by atoms with E-state index in [1.54, 1.807) is 6.07 Å². The van der Waals surface area contributed by atoms with Crippen molar-refractivity contribution < 1.29 is 17.9 Å². The third-order valence-electron chi connectivity index (χ3n) is 1.89. The van der Waals surface area contributed by atoms with Crippen LogP contribution >= 0.6 is 0 Å². The topological polar surface area (TPSA) is 34.4 Å². The smallest absolute Gasteiger partial charge is 0.261 e. The first kappa shape index (κ1) is 13.1. The van der Waals surface area contributed by atoms with E-state index in [0.29, 0.717) is 18.3 Å². The Hall–Kier alpha value is -0.940.